The minimum atomic E-state index is -0.109. The monoisotopic (exact) mass is 199 g/mol. The van der Waals surface area contributed by atoms with E-state index in [-0.39, 0.29) is 6.04 Å². The molecule has 0 aliphatic heterocycles. The lowest BCUT2D eigenvalue weighted by molar-refractivity contribution is 0.404. The number of nitrogens with two attached hydrogens (primary N) is 1. The molecule has 0 fully saturated rings. The van der Waals surface area contributed by atoms with Crippen LogP contribution in [0.5, 0.6) is 5.75 Å². The lowest BCUT2D eigenvalue weighted by Crippen LogP contribution is -2.08. The van der Waals surface area contributed by atoms with Crippen molar-refractivity contribution in [2.24, 2.45) is 5.73 Å². The summed E-state index contributed by atoms with van der Waals surface area (Å²) in [6.45, 7) is 3.87. The maximum Gasteiger partial charge on any atom is 0.128 e. The second-order valence-corrected chi connectivity index (χ2v) is 3.51. The van der Waals surface area contributed by atoms with Gasteiger partial charge >= 0.3 is 0 Å². The van der Waals surface area contributed by atoms with Gasteiger partial charge in [0.05, 0.1) is 7.11 Å². The van der Waals surface area contributed by atoms with Crippen molar-refractivity contribution in [2.75, 3.05) is 7.11 Å². The second kappa shape index (κ2) is 3.99. The van der Waals surface area contributed by atoms with Crippen molar-refractivity contribution in [2.45, 2.75) is 19.9 Å². The minimum Gasteiger partial charge on any atom is -0.496 e. The van der Waals surface area contributed by atoms with E-state index < -0.39 is 0 Å². The fourth-order valence-corrected chi connectivity index (χ4v) is 1.70. The maximum absolute atomic E-state index is 6.02. The van der Waals surface area contributed by atoms with Crippen molar-refractivity contribution in [3.05, 3.63) is 28.3 Å². The maximum atomic E-state index is 6.02. The summed E-state index contributed by atoms with van der Waals surface area (Å²) in [7, 11) is 1.63. The van der Waals surface area contributed by atoms with Crippen LogP contribution in [0.1, 0.15) is 24.1 Å². The Morgan fingerprint density at radius 2 is 2.08 bits per heavy atom. The van der Waals surface area contributed by atoms with Crippen LogP contribution in [-0.4, -0.2) is 7.11 Å². The second-order valence-electron chi connectivity index (χ2n) is 3.10. The van der Waals surface area contributed by atoms with Crippen LogP contribution in [-0.2, 0) is 0 Å². The average molecular weight is 200 g/mol. The highest BCUT2D eigenvalue weighted by atomic mass is 35.5. The van der Waals surface area contributed by atoms with E-state index >= 15 is 0 Å². The largest absolute Gasteiger partial charge is 0.496 e. The molecule has 1 rings (SSSR count). The third-order valence-electron chi connectivity index (χ3n) is 2.00. The van der Waals surface area contributed by atoms with E-state index in [0.29, 0.717) is 5.02 Å². The Balaban J connectivity index is 3.35. The van der Waals surface area contributed by atoms with Crippen molar-refractivity contribution >= 4 is 11.6 Å². The first-order chi connectivity index (χ1) is 6.07. The van der Waals surface area contributed by atoms with Gasteiger partial charge in [0.15, 0.2) is 0 Å². The van der Waals surface area contributed by atoms with Crippen LogP contribution in [0.25, 0.3) is 0 Å². The molecule has 0 saturated heterocycles. The Morgan fingerprint density at radius 3 is 2.46 bits per heavy atom. The Hall–Kier alpha value is -0.730. The molecule has 0 spiro atoms. The van der Waals surface area contributed by atoms with Gasteiger partial charge in [0.2, 0.25) is 0 Å². The Morgan fingerprint density at radius 1 is 1.46 bits per heavy atom. The first kappa shape index (κ1) is 10.4. The molecule has 1 atom stereocenters. The number of hydrogen-bond acceptors (Lipinski definition) is 2. The highest BCUT2D eigenvalue weighted by molar-refractivity contribution is 6.31. The molecule has 0 heterocycles. The van der Waals surface area contributed by atoms with E-state index in [2.05, 4.69) is 0 Å². The highest BCUT2D eigenvalue weighted by Gasteiger charge is 2.13. The third-order valence-corrected chi connectivity index (χ3v) is 2.33. The summed E-state index contributed by atoms with van der Waals surface area (Å²) >= 11 is 6.02. The van der Waals surface area contributed by atoms with Crippen molar-refractivity contribution < 1.29 is 4.74 Å². The number of ether oxygens (including phenoxy) is 1. The molecule has 72 valence electrons. The van der Waals surface area contributed by atoms with Gasteiger partial charge in [0.25, 0.3) is 0 Å². The third kappa shape index (κ3) is 1.95. The molecular weight excluding hydrogens is 186 g/mol. The molecule has 3 heteroatoms. The SMILES string of the molecule is COc1c(C)ccc(Cl)c1C(C)N. The molecule has 0 amide bonds. The van der Waals surface area contributed by atoms with E-state index in [9.17, 15) is 0 Å². The number of aryl methyl sites for hydroxylation is 1. The first-order valence-corrected chi connectivity index (χ1v) is 4.54. The van der Waals surface area contributed by atoms with E-state index in [1.807, 2.05) is 26.0 Å². The lowest BCUT2D eigenvalue weighted by Gasteiger charge is -2.15. The molecule has 1 unspecified atom stereocenters. The number of hydrogen-bond donors (Lipinski definition) is 1. The lowest BCUT2D eigenvalue weighted by atomic mass is 10.0. The quantitative estimate of drug-likeness (QED) is 0.795. The van der Waals surface area contributed by atoms with Crippen LogP contribution in [0.2, 0.25) is 5.02 Å². The molecule has 1 aromatic carbocycles. The van der Waals surface area contributed by atoms with Gasteiger partial charge in [-0.1, -0.05) is 17.7 Å². The number of halogens is 1. The summed E-state index contributed by atoms with van der Waals surface area (Å²) in [6, 6.07) is 3.66. The molecule has 0 aliphatic carbocycles. The average Bonchev–Trinajstić information content (AvgIpc) is 2.07. The zero-order chi connectivity index (χ0) is 10.0. The number of methoxy groups -OCH3 is 1. The predicted octanol–water partition coefficient (Wildman–Crippen LogP) is 2.68. The van der Waals surface area contributed by atoms with Gasteiger partial charge in [-0.05, 0) is 25.5 Å². The summed E-state index contributed by atoms with van der Waals surface area (Å²) in [6.07, 6.45) is 0. The Labute approximate surface area is 83.6 Å². The van der Waals surface area contributed by atoms with Crippen molar-refractivity contribution in [1.29, 1.82) is 0 Å². The molecule has 2 N–H and O–H groups in total. The molecule has 0 aliphatic rings. The van der Waals surface area contributed by atoms with Crippen LogP contribution in [0.4, 0.5) is 0 Å². The van der Waals surface area contributed by atoms with Gasteiger partial charge in [0, 0.05) is 16.6 Å². The predicted molar refractivity (Wildman–Crippen MR) is 55.3 cm³/mol. The molecule has 0 saturated carbocycles. The van der Waals surface area contributed by atoms with Gasteiger partial charge in [-0.3, -0.25) is 0 Å². The van der Waals surface area contributed by atoms with Gasteiger partial charge in [-0.25, -0.2) is 0 Å². The van der Waals surface area contributed by atoms with Gasteiger partial charge in [0.1, 0.15) is 5.75 Å². The molecule has 1 aromatic rings. The van der Waals surface area contributed by atoms with Crippen molar-refractivity contribution in [3.8, 4) is 5.75 Å². The van der Waals surface area contributed by atoms with Crippen molar-refractivity contribution in [3.63, 3.8) is 0 Å². The normalized spacial score (nSPS) is 12.7. The van der Waals surface area contributed by atoms with Crippen molar-refractivity contribution in [1.82, 2.24) is 0 Å². The van der Waals surface area contributed by atoms with Gasteiger partial charge < -0.3 is 10.5 Å². The smallest absolute Gasteiger partial charge is 0.128 e. The zero-order valence-corrected chi connectivity index (χ0v) is 8.85. The fourth-order valence-electron chi connectivity index (χ4n) is 1.38. The van der Waals surface area contributed by atoms with Gasteiger partial charge in [-0.2, -0.15) is 0 Å². The molecule has 13 heavy (non-hydrogen) atoms. The Bertz CT molecular complexity index is 310. The van der Waals surface area contributed by atoms with Crippen LogP contribution >= 0.6 is 11.6 Å². The summed E-state index contributed by atoms with van der Waals surface area (Å²) in [5.41, 5.74) is 7.73. The van der Waals surface area contributed by atoms with E-state index in [0.717, 1.165) is 16.9 Å². The zero-order valence-electron chi connectivity index (χ0n) is 8.10. The summed E-state index contributed by atoms with van der Waals surface area (Å²) in [5, 5.41) is 0.664. The van der Waals surface area contributed by atoms with Crippen LogP contribution < -0.4 is 10.5 Å². The minimum absolute atomic E-state index is 0.109. The number of rotatable bonds is 2. The first-order valence-electron chi connectivity index (χ1n) is 4.16. The van der Waals surface area contributed by atoms with E-state index in [4.69, 9.17) is 22.1 Å². The topological polar surface area (TPSA) is 35.2 Å². The highest BCUT2D eigenvalue weighted by Crippen LogP contribution is 2.33. The standard InChI is InChI=1S/C10H14ClNO/c1-6-4-5-8(11)9(7(2)12)10(6)13-3/h4-5,7H,12H2,1-3H3. The summed E-state index contributed by atoms with van der Waals surface area (Å²) < 4.78 is 5.25. The Kier molecular flexibility index (Phi) is 3.17. The van der Waals surface area contributed by atoms with E-state index in [1.54, 1.807) is 7.11 Å². The fraction of sp³-hybridized carbons (Fsp3) is 0.400. The summed E-state index contributed by atoms with van der Waals surface area (Å²) in [4.78, 5) is 0. The summed E-state index contributed by atoms with van der Waals surface area (Å²) in [5.74, 6) is 0.794. The molecule has 0 radical (unpaired) electrons. The van der Waals surface area contributed by atoms with Crippen LogP contribution in [0, 0.1) is 6.92 Å². The molecule has 2 nitrogen and oxygen atoms in total. The van der Waals surface area contributed by atoms with Crippen LogP contribution in [0.15, 0.2) is 12.1 Å². The van der Waals surface area contributed by atoms with Gasteiger partial charge in [-0.15, -0.1) is 0 Å². The molecular formula is C10H14ClNO. The molecule has 0 aromatic heterocycles. The number of benzene rings is 1. The van der Waals surface area contributed by atoms with E-state index in [1.165, 1.54) is 0 Å². The van der Waals surface area contributed by atoms with Crippen LogP contribution in [0.3, 0.4) is 0 Å². The molecule has 0 bridgehead atoms.